The molecule has 82 valence electrons. The number of rotatable bonds is 1. The van der Waals surface area contributed by atoms with Crippen molar-refractivity contribution in [1.82, 2.24) is 0 Å². The normalized spacial score (nSPS) is 10.5. The van der Waals surface area contributed by atoms with E-state index in [0.29, 0.717) is 0 Å². The van der Waals surface area contributed by atoms with Gasteiger partial charge in [0.25, 0.3) is 0 Å². The maximum absolute atomic E-state index is 12.9. The van der Waals surface area contributed by atoms with E-state index in [-0.39, 0.29) is 10.8 Å². The van der Waals surface area contributed by atoms with Gasteiger partial charge in [-0.2, -0.15) is 0 Å². The van der Waals surface area contributed by atoms with E-state index >= 15 is 0 Å². The molecule has 0 saturated carbocycles. The molecule has 1 nitrogen and oxygen atoms in total. The molecule has 0 radical (unpaired) electrons. The second-order valence-electron chi connectivity index (χ2n) is 2.32. The molecule has 0 aromatic heterocycles. The smallest absolute Gasteiger partial charge is 0.235 e. The molecule has 1 rings (SSSR count). The SMILES string of the molecule is O=C(SS)c1c(F)c(F)c(F)c(F)c1F. The van der Waals surface area contributed by atoms with Crippen LogP contribution in [-0.4, -0.2) is 5.12 Å². The standard InChI is InChI=1S/C7HF5OS2/c8-2-1(7(13)15-14)3(9)5(11)6(12)4(2)10/h14H. The van der Waals surface area contributed by atoms with E-state index in [0.717, 1.165) is 0 Å². The number of carbonyl (C=O) groups is 1. The third-order valence-electron chi connectivity index (χ3n) is 1.50. The van der Waals surface area contributed by atoms with E-state index in [2.05, 4.69) is 11.7 Å². The van der Waals surface area contributed by atoms with E-state index in [1.165, 1.54) is 0 Å². The average Bonchev–Trinajstić information content (AvgIpc) is 2.23. The van der Waals surface area contributed by atoms with Gasteiger partial charge >= 0.3 is 0 Å². The molecule has 1 aromatic carbocycles. The monoisotopic (exact) mass is 260 g/mol. The Labute approximate surface area is 89.5 Å². The fraction of sp³-hybridized carbons (Fsp3) is 0. The zero-order valence-electron chi connectivity index (χ0n) is 6.65. The van der Waals surface area contributed by atoms with Crippen LogP contribution in [0.1, 0.15) is 10.4 Å². The minimum Gasteiger partial charge on any atom is -0.280 e. The highest BCUT2D eigenvalue weighted by atomic mass is 33.1. The van der Waals surface area contributed by atoms with Crippen molar-refractivity contribution in [3.8, 4) is 0 Å². The van der Waals surface area contributed by atoms with Gasteiger partial charge < -0.3 is 0 Å². The van der Waals surface area contributed by atoms with Gasteiger partial charge in [-0.3, -0.25) is 4.79 Å². The lowest BCUT2D eigenvalue weighted by atomic mass is 10.2. The van der Waals surface area contributed by atoms with Crippen molar-refractivity contribution in [2.45, 2.75) is 0 Å². The number of hydrogen-bond donors (Lipinski definition) is 1. The Morgan fingerprint density at radius 3 is 1.53 bits per heavy atom. The maximum Gasteiger partial charge on any atom is 0.235 e. The molecule has 0 fully saturated rings. The van der Waals surface area contributed by atoms with Crippen LogP contribution < -0.4 is 0 Å². The number of thiol groups is 1. The van der Waals surface area contributed by atoms with Gasteiger partial charge in [0, 0.05) is 0 Å². The Kier molecular flexibility index (Phi) is 3.61. The van der Waals surface area contributed by atoms with E-state index in [1.54, 1.807) is 0 Å². The van der Waals surface area contributed by atoms with Crippen molar-refractivity contribution in [3.05, 3.63) is 34.6 Å². The minimum absolute atomic E-state index is 0.0492. The second kappa shape index (κ2) is 4.40. The number of halogens is 5. The number of benzene rings is 1. The van der Waals surface area contributed by atoms with Crippen molar-refractivity contribution >= 4 is 27.6 Å². The van der Waals surface area contributed by atoms with Crippen molar-refractivity contribution in [1.29, 1.82) is 0 Å². The minimum atomic E-state index is -2.30. The van der Waals surface area contributed by atoms with Crippen LogP contribution in [0.4, 0.5) is 22.0 Å². The molecule has 0 atom stereocenters. The Morgan fingerprint density at radius 2 is 1.20 bits per heavy atom. The second-order valence-corrected chi connectivity index (χ2v) is 3.42. The Bertz CT molecular complexity index is 405. The fourth-order valence-electron chi connectivity index (χ4n) is 0.830. The van der Waals surface area contributed by atoms with Crippen molar-refractivity contribution in [2.24, 2.45) is 0 Å². The molecular weight excluding hydrogens is 259 g/mol. The molecule has 8 heteroatoms. The topological polar surface area (TPSA) is 17.1 Å². The zero-order valence-corrected chi connectivity index (χ0v) is 8.36. The van der Waals surface area contributed by atoms with Crippen LogP contribution in [0, 0.1) is 29.1 Å². The van der Waals surface area contributed by atoms with Crippen LogP contribution in [0.2, 0.25) is 0 Å². The summed E-state index contributed by atoms with van der Waals surface area (Å²) >= 11 is 3.31. The molecule has 1 aromatic rings. The molecule has 0 N–H and O–H groups in total. The van der Waals surface area contributed by atoms with E-state index < -0.39 is 39.8 Å². The molecular formula is C7HF5OS2. The quantitative estimate of drug-likeness (QED) is 0.275. The van der Waals surface area contributed by atoms with Crippen molar-refractivity contribution < 1.29 is 26.7 Å². The van der Waals surface area contributed by atoms with Gasteiger partial charge in [0.15, 0.2) is 23.3 Å². The van der Waals surface area contributed by atoms with E-state index in [9.17, 15) is 26.7 Å². The first-order chi connectivity index (χ1) is 6.91. The molecule has 0 saturated heterocycles. The van der Waals surface area contributed by atoms with E-state index in [4.69, 9.17) is 0 Å². The largest absolute Gasteiger partial charge is 0.280 e. The Morgan fingerprint density at radius 1 is 0.867 bits per heavy atom. The highest BCUT2D eigenvalue weighted by Crippen LogP contribution is 2.27. The summed E-state index contributed by atoms with van der Waals surface area (Å²) in [6, 6.07) is 0. The first kappa shape index (κ1) is 12.3. The predicted octanol–water partition coefficient (Wildman–Crippen LogP) is 3.10. The van der Waals surface area contributed by atoms with Crippen LogP contribution in [0.5, 0.6) is 0 Å². The molecule has 0 aliphatic carbocycles. The lowest BCUT2D eigenvalue weighted by Gasteiger charge is -2.04. The molecule has 0 amide bonds. The molecule has 0 aliphatic heterocycles. The summed E-state index contributed by atoms with van der Waals surface area (Å²) in [5.74, 6) is -10.9. The summed E-state index contributed by atoms with van der Waals surface area (Å²) in [6.07, 6.45) is 0. The van der Waals surface area contributed by atoms with Gasteiger partial charge in [0.1, 0.15) is 5.56 Å². The van der Waals surface area contributed by atoms with Crippen LogP contribution in [0.3, 0.4) is 0 Å². The van der Waals surface area contributed by atoms with Gasteiger partial charge in [-0.25, -0.2) is 22.0 Å². The number of hydrogen-bond acceptors (Lipinski definition) is 3. The molecule has 0 spiro atoms. The van der Waals surface area contributed by atoms with Crippen LogP contribution in [0.25, 0.3) is 0 Å². The summed E-state index contributed by atoms with van der Waals surface area (Å²) in [5, 5.41) is -1.36. The van der Waals surface area contributed by atoms with Crippen molar-refractivity contribution in [2.75, 3.05) is 0 Å². The fourth-order valence-corrected chi connectivity index (χ4v) is 1.37. The van der Waals surface area contributed by atoms with Gasteiger partial charge in [-0.1, -0.05) is 0 Å². The molecule has 15 heavy (non-hydrogen) atoms. The van der Waals surface area contributed by atoms with Gasteiger partial charge in [0.05, 0.1) is 0 Å². The summed E-state index contributed by atoms with van der Waals surface area (Å²) < 4.78 is 63.3. The third-order valence-corrected chi connectivity index (χ3v) is 2.36. The molecule has 0 unspecified atom stereocenters. The first-order valence-corrected chi connectivity index (χ1v) is 5.15. The summed E-state index contributed by atoms with van der Waals surface area (Å²) in [6.45, 7) is 0. The lowest BCUT2D eigenvalue weighted by Crippen LogP contribution is -2.09. The van der Waals surface area contributed by atoms with Gasteiger partial charge in [-0.05, 0) is 10.8 Å². The van der Waals surface area contributed by atoms with Gasteiger partial charge in [0.2, 0.25) is 10.9 Å². The van der Waals surface area contributed by atoms with Crippen LogP contribution in [0.15, 0.2) is 0 Å². The molecule has 0 aliphatic rings. The van der Waals surface area contributed by atoms with Crippen LogP contribution in [-0.2, 0) is 0 Å². The highest BCUT2D eigenvalue weighted by molar-refractivity contribution is 8.75. The Hall–Kier alpha value is -0.760. The lowest BCUT2D eigenvalue weighted by molar-refractivity contribution is 0.108. The summed E-state index contributed by atoms with van der Waals surface area (Å²) in [7, 11) is 0.0492. The zero-order chi connectivity index (χ0) is 11.7. The molecule has 0 heterocycles. The van der Waals surface area contributed by atoms with Crippen LogP contribution >= 0.6 is 22.5 Å². The highest BCUT2D eigenvalue weighted by Gasteiger charge is 2.29. The molecule has 0 bridgehead atoms. The summed E-state index contributed by atoms with van der Waals surface area (Å²) in [5.41, 5.74) is -1.49. The Balaban J connectivity index is 3.60. The van der Waals surface area contributed by atoms with Gasteiger partial charge in [-0.15, -0.1) is 11.7 Å². The third kappa shape index (κ3) is 1.96. The number of carbonyl (C=O) groups excluding carboxylic acids is 1. The predicted molar refractivity (Wildman–Crippen MR) is 47.1 cm³/mol. The average molecular weight is 260 g/mol. The maximum atomic E-state index is 12.9. The first-order valence-electron chi connectivity index (χ1n) is 3.29. The van der Waals surface area contributed by atoms with E-state index in [1.807, 2.05) is 0 Å². The van der Waals surface area contributed by atoms with Crippen molar-refractivity contribution in [3.63, 3.8) is 0 Å². The summed E-state index contributed by atoms with van der Waals surface area (Å²) in [4.78, 5) is 10.8.